The van der Waals surface area contributed by atoms with Gasteiger partial charge in [-0.25, -0.2) is 4.79 Å². The Kier molecular flexibility index (Phi) is 4.58. The lowest BCUT2D eigenvalue weighted by Gasteiger charge is -2.16. The van der Waals surface area contributed by atoms with Crippen LogP contribution < -0.4 is 10.1 Å². The molecule has 0 amide bonds. The molecule has 1 unspecified atom stereocenters. The van der Waals surface area contributed by atoms with Crippen molar-refractivity contribution in [1.29, 1.82) is 0 Å². The summed E-state index contributed by atoms with van der Waals surface area (Å²) in [5.74, 6) is -0.319. The molecule has 1 aromatic rings. The van der Waals surface area contributed by atoms with Gasteiger partial charge in [0.15, 0.2) is 6.10 Å². The summed E-state index contributed by atoms with van der Waals surface area (Å²) in [5.41, 5.74) is 2.51. The van der Waals surface area contributed by atoms with Gasteiger partial charge in [-0.3, -0.25) is 0 Å². The summed E-state index contributed by atoms with van der Waals surface area (Å²) in [5, 5.41) is 12.2. The van der Waals surface area contributed by atoms with Crippen LogP contribution in [0.3, 0.4) is 0 Å². The first-order chi connectivity index (χ1) is 9.20. The van der Waals surface area contributed by atoms with Gasteiger partial charge in [0.05, 0.1) is 0 Å². The van der Waals surface area contributed by atoms with Crippen LogP contribution in [0.4, 0.5) is 0 Å². The summed E-state index contributed by atoms with van der Waals surface area (Å²) in [7, 11) is 0. The normalized spacial score (nSPS) is 16.6. The lowest BCUT2D eigenvalue weighted by Crippen LogP contribution is -2.25. The van der Waals surface area contributed by atoms with Crippen LogP contribution in [0.25, 0.3) is 5.57 Å². The van der Waals surface area contributed by atoms with Gasteiger partial charge in [0.2, 0.25) is 0 Å². The van der Waals surface area contributed by atoms with E-state index in [0.29, 0.717) is 12.2 Å². The van der Waals surface area contributed by atoms with Crippen LogP contribution in [0.1, 0.15) is 25.3 Å². The molecular formula is C15H19NO3. The van der Waals surface area contributed by atoms with E-state index in [1.54, 1.807) is 6.92 Å². The molecule has 1 heterocycles. The van der Waals surface area contributed by atoms with Crippen LogP contribution in [0.15, 0.2) is 30.3 Å². The van der Waals surface area contributed by atoms with Crippen molar-refractivity contribution in [2.45, 2.75) is 25.9 Å². The van der Waals surface area contributed by atoms with Crippen LogP contribution in [0, 0.1) is 0 Å². The fraction of sp³-hybridized carbons (Fsp3) is 0.400. The maximum atomic E-state index is 10.9. The van der Waals surface area contributed by atoms with E-state index < -0.39 is 12.1 Å². The average molecular weight is 261 g/mol. The maximum absolute atomic E-state index is 10.9. The minimum absolute atomic E-state index is 0.452. The first-order valence-electron chi connectivity index (χ1n) is 6.60. The molecule has 102 valence electrons. The number of carboxylic acid groups (broad SMARTS) is 1. The first-order valence-corrected chi connectivity index (χ1v) is 6.60. The molecule has 2 rings (SSSR count). The monoisotopic (exact) mass is 261 g/mol. The Bertz CT molecular complexity index is 465. The van der Waals surface area contributed by atoms with E-state index in [2.05, 4.69) is 11.4 Å². The third kappa shape index (κ3) is 3.58. The minimum atomic E-state index is -0.923. The first kappa shape index (κ1) is 13.6. The highest BCUT2D eigenvalue weighted by Crippen LogP contribution is 2.23. The zero-order valence-corrected chi connectivity index (χ0v) is 11.1. The summed E-state index contributed by atoms with van der Waals surface area (Å²) in [6.45, 7) is 3.71. The molecule has 1 aliphatic heterocycles. The second kappa shape index (κ2) is 6.38. The standard InChI is InChI=1S/C15H19NO3/c1-2-14(15(17)18)19-13-5-3-11(4-6-13)12-7-9-16-10-8-12/h3-7,14,16H,2,8-10H2,1H3,(H,17,18). The highest BCUT2D eigenvalue weighted by atomic mass is 16.5. The Morgan fingerprint density at radius 3 is 2.68 bits per heavy atom. The molecular weight excluding hydrogens is 242 g/mol. The van der Waals surface area contributed by atoms with E-state index in [1.807, 2.05) is 24.3 Å². The molecule has 0 radical (unpaired) electrons. The van der Waals surface area contributed by atoms with Gasteiger partial charge in [-0.05, 0) is 42.7 Å². The Balaban J connectivity index is 2.05. The topological polar surface area (TPSA) is 58.6 Å². The van der Waals surface area contributed by atoms with Gasteiger partial charge in [-0.1, -0.05) is 25.1 Å². The van der Waals surface area contributed by atoms with E-state index in [9.17, 15) is 4.79 Å². The minimum Gasteiger partial charge on any atom is -0.479 e. The molecule has 4 nitrogen and oxygen atoms in total. The molecule has 0 fully saturated rings. The van der Waals surface area contributed by atoms with Gasteiger partial charge in [0, 0.05) is 6.54 Å². The van der Waals surface area contributed by atoms with Gasteiger partial charge in [-0.15, -0.1) is 0 Å². The quantitative estimate of drug-likeness (QED) is 0.854. The Morgan fingerprint density at radius 1 is 1.42 bits per heavy atom. The van der Waals surface area contributed by atoms with Crippen LogP contribution in [-0.4, -0.2) is 30.3 Å². The SMILES string of the molecule is CCC(Oc1ccc(C2=CCNCC2)cc1)C(=O)O. The highest BCUT2D eigenvalue weighted by Gasteiger charge is 2.16. The van der Waals surface area contributed by atoms with Crippen molar-refractivity contribution >= 4 is 11.5 Å². The van der Waals surface area contributed by atoms with Crippen molar-refractivity contribution in [1.82, 2.24) is 5.32 Å². The summed E-state index contributed by atoms with van der Waals surface area (Å²) >= 11 is 0. The summed E-state index contributed by atoms with van der Waals surface area (Å²) in [4.78, 5) is 10.9. The van der Waals surface area contributed by atoms with Crippen LogP contribution in [0.2, 0.25) is 0 Å². The van der Waals surface area contributed by atoms with Gasteiger partial charge in [0.1, 0.15) is 5.75 Å². The molecule has 19 heavy (non-hydrogen) atoms. The van der Waals surface area contributed by atoms with E-state index >= 15 is 0 Å². The number of aliphatic carboxylic acids is 1. The van der Waals surface area contributed by atoms with Gasteiger partial charge < -0.3 is 15.2 Å². The molecule has 0 saturated carbocycles. The largest absolute Gasteiger partial charge is 0.479 e. The maximum Gasteiger partial charge on any atom is 0.344 e. The lowest BCUT2D eigenvalue weighted by atomic mass is 10.0. The number of carbonyl (C=O) groups is 1. The van der Waals surface area contributed by atoms with Crippen LogP contribution in [0.5, 0.6) is 5.75 Å². The van der Waals surface area contributed by atoms with Crippen molar-refractivity contribution in [3.05, 3.63) is 35.9 Å². The number of hydrogen-bond donors (Lipinski definition) is 2. The highest BCUT2D eigenvalue weighted by molar-refractivity contribution is 5.72. The molecule has 1 atom stereocenters. The number of ether oxygens (including phenoxy) is 1. The zero-order valence-electron chi connectivity index (χ0n) is 11.1. The average Bonchev–Trinajstić information content (AvgIpc) is 2.46. The Labute approximate surface area is 113 Å². The number of benzene rings is 1. The summed E-state index contributed by atoms with van der Waals surface area (Å²) in [6.07, 6.45) is 2.88. The molecule has 0 aromatic heterocycles. The van der Waals surface area contributed by atoms with Crippen LogP contribution in [-0.2, 0) is 4.79 Å². The van der Waals surface area contributed by atoms with Crippen LogP contribution >= 0.6 is 0 Å². The molecule has 4 heteroatoms. The molecule has 0 saturated heterocycles. The fourth-order valence-corrected chi connectivity index (χ4v) is 2.10. The lowest BCUT2D eigenvalue weighted by molar-refractivity contribution is -0.145. The summed E-state index contributed by atoms with van der Waals surface area (Å²) < 4.78 is 5.44. The smallest absolute Gasteiger partial charge is 0.344 e. The predicted octanol–water partition coefficient (Wildman–Crippen LogP) is 2.31. The third-order valence-corrected chi connectivity index (χ3v) is 3.21. The van der Waals surface area contributed by atoms with Crippen molar-refractivity contribution in [3.8, 4) is 5.75 Å². The molecule has 0 aliphatic carbocycles. The number of hydrogen-bond acceptors (Lipinski definition) is 3. The Hall–Kier alpha value is -1.81. The van der Waals surface area contributed by atoms with Gasteiger partial charge in [-0.2, -0.15) is 0 Å². The van der Waals surface area contributed by atoms with Crippen molar-refractivity contribution in [3.63, 3.8) is 0 Å². The second-order valence-corrected chi connectivity index (χ2v) is 4.56. The Morgan fingerprint density at radius 2 is 2.16 bits per heavy atom. The van der Waals surface area contributed by atoms with E-state index in [4.69, 9.17) is 9.84 Å². The number of carboxylic acids is 1. The molecule has 0 bridgehead atoms. The number of nitrogens with one attached hydrogen (secondary N) is 1. The van der Waals surface area contributed by atoms with Crippen molar-refractivity contribution < 1.29 is 14.6 Å². The molecule has 1 aromatic carbocycles. The molecule has 1 aliphatic rings. The predicted molar refractivity (Wildman–Crippen MR) is 74.2 cm³/mol. The summed E-state index contributed by atoms with van der Waals surface area (Å²) in [6, 6.07) is 7.65. The van der Waals surface area contributed by atoms with Gasteiger partial charge in [0.25, 0.3) is 0 Å². The molecule has 0 spiro atoms. The van der Waals surface area contributed by atoms with E-state index in [0.717, 1.165) is 19.5 Å². The molecule has 2 N–H and O–H groups in total. The number of rotatable bonds is 5. The van der Waals surface area contributed by atoms with Gasteiger partial charge >= 0.3 is 5.97 Å². The zero-order chi connectivity index (χ0) is 13.7. The van der Waals surface area contributed by atoms with E-state index in [1.165, 1.54) is 11.1 Å². The third-order valence-electron chi connectivity index (χ3n) is 3.21. The van der Waals surface area contributed by atoms with Crippen molar-refractivity contribution in [2.75, 3.05) is 13.1 Å². The van der Waals surface area contributed by atoms with E-state index in [-0.39, 0.29) is 0 Å². The van der Waals surface area contributed by atoms with Crippen molar-refractivity contribution in [2.24, 2.45) is 0 Å². The second-order valence-electron chi connectivity index (χ2n) is 4.56. The fourth-order valence-electron chi connectivity index (χ4n) is 2.10.